The fraction of sp³-hybridized carbons (Fsp3) is 0.250. The van der Waals surface area contributed by atoms with Gasteiger partial charge < -0.3 is 10.7 Å². The van der Waals surface area contributed by atoms with Gasteiger partial charge in [-0.15, -0.1) is 0 Å². The molecule has 0 unspecified atom stereocenters. The Bertz CT molecular complexity index is 313. The van der Waals surface area contributed by atoms with Crippen molar-refractivity contribution in [3.05, 3.63) is 12.3 Å². The summed E-state index contributed by atoms with van der Waals surface area (Å²) in [5.74, 6) is -1.06. The van der Waals surface area contributed by atoms with Gasteiger partial charge in [0.2, 0.25) is 5.88 Å². The Morgan fingerprint density at radius 1 is 1.75 bits per heavy atom. The van der Waals surface area contributed by atoms with E-state index in [0.717, 1.165) is 0 Å². The third-order valence-corrected chi connectivity index (χ3v) is 1.60. The minimum atomic E-state index is -3.86. The Morgan fingerprint density at radius 3 is 2.83 bits per heavy atom. The third-order valence-electron chi connectivity index (χ3n) is 0.850. The summed E-state index contributed by atoms with van der Waals surface area (Å²) < 4.78 is 25.4. The molecular formula is C4H7N2NaO4S. The van der Waals surface area contributed by atoms with Crippen LogP contribution in [0.15, 0.2) is 12.3 Å². The van der Waals surface area contributed by atoms with Crippen LogP contribution in [0.1, 0.15) is 1.43 Å². The molecule has 0 radical (unpaired) electrons. The van der Waals surface area contributed by atoms with E-state index >= 15 is 0 Å². The summed E-state index contributed by atoms with van der Waals surface area (Å²) in [6.07, 6.45) is 1.34. The maximum absolute atomic E-state index is 10.5. The zero-order chi connectivity index (χ0) is 8.32. The Morgan fingerprint density at radius 2 is 2.42 bits per heavy atom. The predicted octanol–water partition coefficient (Wildman–Crippen LogP) is -3.82. The van der Waals surface area contributed by atoms with Gasteiger partial charge >= 0.3 is 39.7 Å². The van der Waals surface area contributed by atoms with E-state index in [4.69, 9.17) is 5.11 Å². The van der Waals surface area contributed by atoms with E-state index in [0.29, 0.717) is 0 Å². The van der Waals surface area contributed by atoms with Crippen LogP contribution in [0.4, 0.5) is 0 Å². The van der Waals surface area contributed by atoms with Crippen molar-refractivity contribution >= 4 is 10.1 Å². The minimum absolute atomic E-state index is 0. The van der Waals surface area contributed by atoms with Crippen LogP contribution < -0.4 is 33.7 Å². The van der Waals surface area contributed by atoms with Crippen molar-refractivity contribution in [2.45, 2.75) is 0 Å². The summed E-state index contributed by atoms with van der Waals surface area (Å²) in [5, 5.41) is 14.0. The molecule has 0 aromatic carbocycles. The Labute approximate surface area is 92.8 Å². The molecule has 0 fully saturated rings. The number of hydrogen-bond donors (Lipinski definition) is 2. The van der Waals surface area contributed by atoms with E-state index in [2.05, 4.69) is 14.4 Å². The van der Waals surface area contributed by atoms with Crippen molar-refractivity contribution in [2.75, 3.05) is 5.94 Å². The van der Waals surface area contributed by atoms with Crippen molar-refractivity contribution in [2.24, 2.45) is 0 Å². The molecule has 0 aliphatic carbocycles. The second kappa shape index (κ2) is 4.83. The second-order valence-electron chi connectivity index (χ2n) is 1.69. The number of hydrogen-bond acceptors (Lipinski definition) is 5. The summed E-state index contributed by atoms with van der Waals surface area (Å²) in [6, 6.07) is 1.33. The monoisotopic (exact) mass is 202 g/mol. The van der Waals surface area contributed by atoms with Crippen LogP contribution >= 0.6 is 0 Å². The van der Waals surface area contributed by atoms with Gasteiger partial charge in [0.15, 0.2) is 5.94 Å². The van der Waals surface area contributed by atoms with E-state index in [9.17, 15) is 8.42 Å². The fourth-order valence-electron chi connectivity index (χ4n) is 0.453. The largest absolute Gasteiger partial charge is 1.00 e. The minimum Gasteiger partial charge on any atom is -1.00 e. The predicted molar refractivity (Wildman–Crippen MR) is 36.3 cm³/mol. The first-order valence-electron chi connectivity index (χ1n) is 2.66. The first-order chi connectivity index (χ1) is 5.14. The van der Waals surface area contributed by atoms with Gasteiger partial charge in [0, 0.05) is 6.07 Å². The fourth-order valence-corrected chi connectivity index (χ4v) is 0.872. The number of nitrogens with zero attached hydrogens (tertiary/aromatic N) is 1. The van der Waals surface area contributed by atoms with Crippen molar-refractivity contribution in [1.29, 1.82) is 0 Å². The van der Waals surface area contributed by atoms with E-state index < -0.39 is 16.1 Å². The zero-order valence-corrected chi connectivity index (χ0v) is 9.21. The number of nitrogens with one attached hydrogen (secondary N) is 1. The van der Waals surface area contributed by atoms with E-state index in [1.165, 1.54) is 12.3 Å². The molecule has 0 aliphatic heterocycles. The van der Waals surface area contributed by atoms with Crippen LogP contribution in [0.25, 0.3) is 0 Å². The normalized spacial score (nSPS) is 10.4. The van der Waals surface area contributed by atoms with E-state index in [1.54, 1.807) is 0 Å². The van der Waals surface area contributed by atoms with Crippen LogP contribution in [0.5, 0.6) is 5.88 Å². The number of rotatable bonds is 3. The number of H-pyrrole nitrogens is 1. The van der Waals surface area contributed by atoms with Gasteiger partial charge in [0.1, 0.15) is 0 Å². The van der Waals surface area contributed by atoms with Crippen LogP contribution in [-0.4, -0.2) is 29.7 Å². The molecule has 0 bridgehead atoms. The van der Waals surface area contributed by atoms with Gasteiger partial charge in [-0.1, -0.05) is 0 Å². The molecular weight excluding hydrogens is 195 g/mol. The van der Waals surface area contributed by atoms with E-state index in [-0.39, 0.29) is 36.9 Å². The Hall–Kier alpha value is -0.0800. The molecule has 6 nitrogen and oxygen atoms in total. The molecule has 0 spiro atoms. The number of aliphatic hydroxyl groups is 1. The van der Waals surface area contributed by atoms with Gasteiger partial charge in [-0.05, 0) is 0 Å². The zero-order valence-electron chi connectivity index (χ0n) is 7.39. The van der Waals surface area contributed by atoms with Crippen molar-refractivity contribution < 1.29 is 48.7 Å². The number of aromatic nitrogens is 2. The van der Waals surface area contributed by atoms with E-state index in [1.807, 2.05) is 0 Å². The van der Waals surface area contributed by atoms with Crippen molar-refractivity contribution in [3.8, 4) is 5.88 Å². The first-order valence-corrected chi connectivity index (χ1v) is 4.24. The van der Waals surface area contributed by atoms with Crippen LogP contribution in [-0.2, 0) is 10.1 Å². The summed E-state index contributed by atoms with van der Waals surface area (Å²) in [5.41, 5.74) is 0. The van der Waals surface area contributed by atoms with Crippen LogP contribution in [0, 0.1) is 0 Å². The molecule has 8 heteroatoms. The van der Waals surface area contributed by atoms with Crippen molar-refractivity contribution in [1.82, 2.24) is 10.2 Å². The Kier molecular flexibility index (Phi) is 4.80. The quantitative estimate of drug-likeness (QED) is 0.387. The maximum Gasteiger partial charge on any atom is 1.00 e. The smallest absolute Gasteiger partial charge is 1.00 e. The van der Waals surface area contributed by atoms with Gasteiger partial charge in [-0.3, -0.25) is 0 Å². The standard InChI is InChI=1S/C4H6N2O4S.Na.H/c7-3-11(8,9)10-4-1-2-5-6-4;;/h1-2,7H,3H2,(H,5,6);;/q;+1;-1. The molecule has 2 N–H and O–H groups in total. The summed E-state index contributed by atoms with van der Waals surface area (Å²) >= 11 is 0. The molecule has 1 rings (SSSR count). The summed E-state index contributed by atoms with van der Waals surface area (Å²) in [6.45, 7) is 0. The molecule has 1 aromatic rings. The summed E-state index contributed by atoms with van der Waals surface area (Å²) in [4.78, 5) is 0. The van der Waals surface area contributed by atoms with Gasteiger partial charge in [-0.2, -0.15) is 13.5 Å². The summed E-state index contributed by atoms with van der Waals surface area (Å²) in [7, 11) is -3.86. The molecule has 0 saturated carbocycles. The molecule has 64 valence electrons. The molecule has 1 aromatic heterocycles. The van der Waals surface area contributed by atoms with Crippen molar-refractivity contribution in [3.63, 3.8) is 0 Å². The molecule has 0 amide bonds. The average molecular weight is 202 g/mol. The third kappa shape index (κ3) is 3.55. The molecule has 1 heterocycles. The van der Waals surface area contributed by atoms with Gasteiger partial charge in [0.05, 0.1) is 6.20 Å². The molecule has 0 aliphatic rings. The van der Waals surface area contributed by atoms with Crippen LogP contribution in [0.3, 0.4) is 0 Å². The Balaban J connectivity index is 0. The van der Waals surface area contributed by atoms with Gasteiger partial charge in [0.25, 0.3) is 0 Å². The maximum atomic E-state index is 10.5. The molecule has 12 heavy (non-hydrogen) atoms. The van der Waals surface area contributed by atoms with Crippen LogP contribution in [0.2, 0.25) is 0 Å². The number of aromatic amines is 1. The SMILES string of the molecule is O=S(=O)(CO)Oc1ccn[nH]1.[H-].[Na+]. The molecule has 0 atom stereocenters. The second-order valence-corrected chi connectivity index (χ2v) is 3.23. The molecule has 0 saturated heterocycles. The first kappa shape index (κ1) is 11.9. The number of aliphatic hydroxyl groups excluding tert-OH is 1. The topological polar surface area (TPSA) is 92.3 Å². The van der Waals surface area contributed by atoms with Gasteiger partial charge in [-0.25, -0.2) is 5.10 Å². The average Bonchev–Trinajstić information content (AvgIpc) is 2.39.